The second-order valence-electron chi connectivity index (χ2n) is 4.44. The summed E-state index contributed by atoms with van der Waals surface area (Å²) in [6.45, 7) is 0. The first-order chi connectivity index (χ1) is 9.20. The second kappa shape index (κ2) is 4.63. The van der Waals surface area contributed by atoms with Crippen LogP contribution in [0.1, 0.15) is 34.0 Å². The first-order valence-electron chi connectivity index (χ1n) is 6.04. The largest absolute Gasteiger partial charge is 0.372 e. The molecule has 0 radical (unpaired) electrons. The van der Waals surface area contributed by atoms with Crippen molar-refractivity contribution in [2.45, 2.75) is 12.3 Å². The number of nitrogens with zero attached hydrogens (tertiary/aromatic N) is 2. The molecular weight excluding hydrogens is 262 g/mol. The van der Waals surface area contributed by atoms with Crippen LogP contribution in [-0.2, 0) is 0 Å². The number of rotatable bonds is 2. The molecule has 1 aromatic carbocycles. The highest BCUT2D eigenvalue weighted by Gasteiger charge is 2.35. The van der Waals surface area contributed by atoms with Crippen LogP contribution < -0.4 is 5.32 Å². The Kier molecular flexibility index (Phi) is 2.95. The highest BCUT2D eigenvalue weighted by atomic mass is 35.5. The van der Waals surface area contributed by atoms with Crippen LogP contribution in [0.15, 0.2) is 30.3 Å². The molecule has 1 heterocycles. The molecule has 1 unspecified atom stereocenters. The predicted molar refractivity (Wildman–Crippen MR) is 73.8 cm³/mol. The van der Waals surface area contributed by atoms with Gasteiger partial charge in [-0.05, 0) is 17.2 Å². The average molecular weight is 274 g/mol. The number of hydrogen-bond acceptors (Lipinski definition) is 4. The maximum Gasteiger partial charge on any atom is 0.224 e. The lowest BCUT2D eigenvalue weighted by atomic mass is 9.97. The number of ketones is 1. The molecule has 0 aliphatic heterocycles. The maximum atomic E-state index is 12.2. The maximum absolute atomic E-state index is 12.2. The summed E-state index contributed by atoms with van der Waals surface area (Å²) in [6, 6.07) is 9.87. The van der Waals surface area contributed by atoms with Gasteiger partial charge in [0.05, 0.1) is 11.3 Å². The quantitative estimate of drug-likeness (QED) is 0.855. The Bertz CT molecular complexity index is 643. The minimum atomic E-state index is -0.0312. The van der Waals surface area contributed by atoms with Crippen molar-refractivity contribution in [2.75, 3.05) is 12.4 Å². The van der Waals surface area contributed by atoms with Gasteiger partial charge >= 0.3 is 0 Å². The summed E-state index contributed by atoms with van der Waals surface area (Å²) >= 11 is 5.93. The van der Waals surface area contributed by atoms with Gasteiger partial charge in [0, 0.05) is 19.4 Å². The van der Waals surface area contributed by atoms with E-state index in [9.17, 15) is 4.79 Å². The summed E-state index contributed by atoms with van der Waals surface area (Å²) in [4.78, 5) is 20.5. The van der Waals surface area contributed by atoms with Crippen molar-refractivity contribution in [3.8, 4) is 0 Å². The molecule has 4 nitrogen and oxygen atoms in total. The molecule has 0 spiro atoms. The van der Waals surface area contributed by atoms with E-state index in [-0.39, 0.29) is 17.0 Å². The van der Waals surface area contributed by atoms with Crippen LogP contribution in [0.5, 0.6) is 0 Å². The van der Waals surface area contributed by atoms with E-state index in [0.29, 0.717) is 17.8 Å². The number of carbonyl (C=O) groups is 1. The fourth-order valence-corrected chi connectivity index (χ4v) is 2.68. The van der Waals surface area contributed by atoms with Crippen LogP contribution in [0, 0.1) is 0 Å². The third-order valence-electron chi connectivity index (χ3n) is 3.35. The summed E-state index contributed by atoms with van der Waals surface area (Å²) < 4.78 is 0. The van der Waals surface area contributed by atoms with E-state index >= 15 is 0 Å². The molecule has 96 valence electrons. The molecule has 1 aromatic heterocycles. The molecule has 5 heteroatoms. The normalized spacial score (nSPS) is 17.4. The van der Waals surface area contributed by atoms with Gasteiger partial charge in [-0.15, -0.1) is 0 Å². The lowest BCUT2D eigenvalue weighted by Crippen LogP contribution is -2.05. The molecule has 0 saturated heterocycles. The minimum Gasteiger partial charge on any atom is -0.372 e. The molecule has 0 saturated carbocycles. The molecule has 3 rings (SSSR count). The van der Waals surface area contributed by atoms with Crippen molar-refractivity contribution in [3.05, 3.63) is 52.4 Å². The number of hydrogen-bond donors (Lipinski definition) is 1. The standard InChI is InChI=1S/C14H12ClN3O/c1-16-13-11-10(19)7-9(8-5-3-2-4-6-8)12(11)17-14(15)18-13/h2-6,9H,7H2,1H3,(H,16,17,18). The van der Waals surface area contributed by atoms with Crippen molar-refractivity contribution >= 4 is 23.2 Å². The molecule has 0 bridgehead atoms. The third-order valence-corrected chi connectivity index (χ3v) is 3.52. The number of nitrogens with one attached hydrogen (secondary N) is 1. The molecule has 19 heavy (non-hydrogen) atoms. The number of aromatic nitrogens is 2. The van der Waals surface area contributed by atoms with Crippen LogP contribution in [0.25, 0.3) is 0 Å². The molecular formula is C14H12ClN3O. The molecule has 1 N–H and O–H groups in total. The monoisotopic (exact) mass is 273 g/mol. The number of anilines is 1. The molecule has 2 aromatic rings. The van der Waals surface area contributed by atoms with Crippen molar-refractivity contribution in [3.63, 3.8) is 0 Å². The Morgan fingerprint density at radius 3 is 2.68 bits per heavy atom. The lowest BCUT2D eigenvalue weighted by Gasteiger charge is -2.11. The van der Waals surface area contributed by atoms with Gasteiger partial charge in [0.25, 0.3) is 0 Å². The molecule has 1 atom stereocenters. The summed E-state index contributed by atoms with van der Waals surface area (Å²) in [5.41, 5.74) is 2.37. The average Bonchev–Trinajstić information content (AvgIpc) is 2.76. The molecule has 0 fully saturated rings. The fraction of sp³-hybridized carbons (Fsp3) is 0.214. The van der Waals surface area contributed by atoms with Crippen molar-refractivity contribution in [2.24, 2.45) is 0 Å². The Morgan fingerprint density at radius 1 is 1.26 bits per heavy atom. The zero-order valence-electron chi connectivity index (χ0n) is 10.4. The zero-order valence-corrected chi connectivity index (χ0v) is 11.1. The predicted octanol–water partition coefficient (Wildman–Crippen LogP) is 2.89. The molecule has 1 aliphatic rings. The Hall–Kier alpha value is -1.94. The topological polar surface area (TPSA) is 54.9 Å². The van der Waals surface area contributed by atoms with E-state index in [1.54, 1.807) is 7.05 Å². The van der Waals surface area contributed by atoms with Crippen LogP contribution in [0.2, 0.25) is 5.28 Å². The van der Waals surface area contributed by atoms with Crippen LogP contribution in [-0.4, -0.2) is 22.8 Å². The number of Topliss-reactive ketones (excluding diaryl/α,β-unsaturated/α-hetero) is 1. The summed E-state index contributed by atoms with van der Waals surface area (Å²) in [5, 5.41) is 3.08. The second-order valence-corrected chi connectivity index (χ2v) is 4.78. The van der Waals surface area contributed by atoms with Crippen LogP contribution in [0.3, 0.4) is 0 Å². The lowest BCUT2D eigenvalue weighted by molar-refractivity contribution is 0.0992. The van der Waals surface area contributed by atoms with Crippen molar-refractivity contribution in [1.29, 1.82) is 0 Å². The van der Waals surface area contributed by atoms with Gasteiger partial charge in [-0.3, -0.25) is 4.79 Å². The van der Waals surface area contributed by atoms with Gasteiger partial charge < -0.3 is 5.32 Å². The number of fused-ring (bicyclic) bond motifs is 1. The van der Waals surface area contributed by atoms with E-state index < -0.39 is 0 Å². The Labute approximate surface area is 115 Å². The highest BCUT2D eigenvalue weighted by molar-refractivity contribution is 6.28. The van der Waals surface area contributed by atoms with E-state index in [1.807, 2.05) is 30.3 Å². The van der Waals surface area contributed by atoms with Gasteiger partial charge in [0.1, 0.15) is 5.82 Å². The minimum absolute atomic E-state index is 0.0312. The van der Waals surface area contributed by atoms with E-state index in [2.05, 4.69) is 15.3 Å². The Balaban J connectivity index is 2.17. The van der Waals surface area contributed by atoms with Crippen molar-refractivity contribution in [1.82, 2.24) is 9.97 Å². The number of halogens is 1. The smallest absolute Gasteiger partial charge is 0.224 e. The van der Waals surface area contributed by atoms with Gasteiger partial charge in [0.2, 0.25) is 5.28 Å². The van der Waals surface area contributed by atoms with Gasteiger partial charge in [-0.1, -0.05) is 30.3 Å². The SMILES string of the molecule is CNc1nc(Cl)nc2c1C(=O)CC2c1ccccc1. The van der Waals surface area contributed by atoms with Gasteiger partial charge in [0.15, 0.2) is 5.78 Å². The molecule has 0 amide bonds. The molecule has 1 aliphatic carbocycles. The zero-order chi connectivity index (χ0) is 13.4. The first-order valence-corrected chi connectivity index (χ1v) is 6.42. The highest BCUT2D eigenvalue weighted by Crippen LogP contribution is 2.39. The first kappa shape index (κ1) is 12.1. The van der Waals surface area contributed by atoms with Gasteiger partial charge in [-0.2, -0.15) is 0 Å². The van der Waals surface area contributed by atoms with Crippen LogP contribution in [0.4, 0.5) is 5.82 Å². The van der Waals surface area contributed by atoms with Crippen molar-refractivity contribution < 1.29 is 4.79 Å². The number of carbonyl (C=O) groups excluding carboxylic acids is 1. The van der Waals surface area contributed by atoms with E-state index in [1.165, 1.54) is 0 Å². The third kappa shape index (κ3) is 1.98. The summed E-state index contributed by atoms with van der Waals surface area (Å²) in [5.74, 6) is 0.541. The summed E-state index contributed by atoms with van der Waals surface area (Å²) in [6.07, 6.45) is 0.420. The Morgan fingerprint density at radius 2 is 2.00 bits per heavy atom. The van der Waals surface area contributed by atoms with Crippen LogP contribution >= 0.6 is 11.6 Å². The van der Waals surface area contributed by atoms with E-state index in [0.717, 1.165) is 11.3 Å². The van der Waals surface area contributed by atoms with Gasteiger partial charge in [-0.25, -0.2) is 9.97 Å². The van der Waals surface area contributed by atoms with E-state index in [4.69, 9.17) is 11.6 Å². The number of benzene rings is 1. The summed E-state index contributed by atoms with van der Waals surface area (Å²) in [7, 11) is 1.72. The fourth-order valence-electron chi connectivity index (χ4n) is 2.50.